The van der Waals surface area contributed by atoms with Crippen LogP contribution >= 0.6 is 11.8 Å². The molecular weight excluding hydrogens is 536 g/mol. The lowest BCUT2D eigenvalue weighted by atomic mass is 10.1. The highest BCUT2D eigenvalue weighted by molar-refractivity contribution is 7.98. The van der Waals surface area contributed by atoms with Gasteiger partial charge in [-0.25, -0.2) is 0 Å². The Balaban J connectivity index is 1.91. The lowest BCUT2D eigenvalue weighted by molar-refractivity contribution is -0.128. The highest BCUT2D eigenvalue weighted by Gasteiger charge is 2.22. The van der Waals surface area contributed by atoms with Crippen molar-refractivity contribution in [3.05, 3.63) is 71.4 Å². The van der Waals surface area contributed by atoms with Gasteiger partial charge in [-0.3, -0.25) is 24.0 Å². The summed E-state index contributed by atoms with van der Waals surface area (Å²) in [7, 11) is 0. The van der Waals surface area contributed by atoms with E-state index in [0.717, 1.165) is 5.56 Å². The average Bonchev–Trinajstić information content (AvgIpc) is 2.93. The van der Waals surface area contributed by atoms with Gasteiger partial charge in [0, 0.05) is 0 Å². The summed E-state index contributed by atoms with van der Waals surface area (Å²) in [5.74, 6) is -2.67. The third kappa shape index (κ3) is 11.6. The van der Waals surface area contributed by atoms with Gasteiger partial charge in [-0.1, -0.05) is 42.5 Å². The minimum atomic E-state index is -0.931. The molecular formula is C27H34N6O6S. The number of carbonyl (C=O) groups excluding carboxylic acids is 5. The summed E-state index contributed by atoms with van der Waals surface area (Å²) in [6.45, 7) is -0.905. The van der Waals surface area contributed by atoms with Crippen LogP contribution in [0.15, 0.2) is 60.3 Å². The number of carbonyl (C=O) groups is 5. The number of benzene rings is 2. The first kappa shape index (κ1) is 31.9. The van der Waals surface area contributed by atoms with E-state index in [4.69, 9.17) is 11.5 Å². The number of rotatable bonds is 15. The van der Waals surface area contributed by atoms with Gasteiger partial charge in [0.05, 0.1) is 19.1 Å². The van der Waals surface area contributed by atoms with Crippen molar-refractivity contribution in [1.29, 1.82) is 0 Å². The number of phenolic OH excluding ortho intramolecular Hbond substituents is 1. The number of hydrogen-bond donors (Lipinski definition) is 7. The monoisotopic (exact) mass is 570 g/mol. The van der Waals surface area contributed by atoms with Crippen molar-refractivity contribution < 1.29 is 29.1 Å². The molecule has 9 N–H and O–H groups in total. The van der Waals surface area contributed by atoms with Gasteiger partial charge in [0.1, 0.15) is 17.5 Å². The highest BCUT2D eigenvalue weighted by atomic mass is 32.2. The molecule has 0 heterocycles. The number of nitrogens with one attached hydrogen (secondary N) is 4. The van der Waals surface area contributed by atoms with Crippen molar-refractivity contribution in [2.24, 2.45) is 11.5 Å². The molecule has 0 spiro atoms. The van der Waals surface area contributed by atoms with E-state index in [2.05, 4.69) is 21.3 Å². The number of aromatic hydroxyl groups is 1. The average molecular weight is 571 g/mol. The molecule has 214 valence electrons. The molecule has 0 aromatic heterocycles. The van der Waals surface area contributed by atoms with Gasteiger partial charge in [0.2, 0.25) is 23.6 Å². The van der Waals surface area contributed by atoms with Crippen LogP contribution in [-0.4, -0.2) is 71.8 Å². The van der Waals surface area contributed by atoms with Crippen molar-refractivity contribution in [2.75, 3.05) is 25.1 Å². The van der Waals surface area contributed by atoms with Crippen molar-refractivity contribution >= 4 is 47.4 Å². The van der Waals surface area contributed by atoms with Crippen LogP contribution in [-0.2, 0) is 30.4 Å². The fourth-order valence-electron chi connectivity index (χ4n) is 3.34. The number of thioether (sulfide) groups is 1. The first-order valence-corrected chi connectivity index (χ1v) is 13.7. The van der Waals surface area contributed by atoms with E-state index in [1.54, 1.807) is 42.5 Å². The van der Waals surface area contributed by atoms with Gasteiger partial charge in [0.15, 0.2) is 0 Å². The Hall–Kier alpha value is -4.36. The molecule has 2 atom stereocenters. The maximum absolute atomic E-state index is 12.9. The standard InChI is InChI=1S/C27H34N6O6S/c1-40-12-11-21(25(29)37)33-27(39)22(14-17-5-3-2-4-6-17)32-24(36)16-30-23(35)15-31-26(38)20(28)13-18-7-9-19(34)10-8-18/h2-10,14,20-21,34H,11-13,15-16,28H2,1H3,(H2,29,37)(H,30,35)(H,31,38)(H,32,36)(H,33,39)/t20-,21-/m0/s1. The van der Waals surface area contributed by atoms with Crippen molar-refractivity contribution in [2.45, 2.75) is 24.9 Å². The fourth-order valence-corrected chi connectivity index (χ4v) is 3.82. The van der Waals surface area contributed by atoms with Crippen LogP contribution in [0.3, 0.4) is 0 Å². The van der Waals surface area contributed by atoms with Crippen LogP contribution in [0.2, 0.25) is 0 Å². The molecule has 40 heavy (non-hydrogen) atoms. The summed E-state index contributed by atoms with van der Waals surface area (Å²) < 4.78 is 0. The molecule has 0 aliphatic rings. The minimum Gasteiger partial charge on any atom is -0.508 e. The lowest BCUT2D eigenvalue weighted by Gasteiger charge is -2.17. The molecule has 0 saturated heterocycles. The molecule has 5 amide bonds. The topological polar surface area (TPSA) is 206 Å². The Kier molecular flexibility index (Phi) is 13.2. The number of amides is 5. The molecule has 0 saturated carbocycles. The van der Waals surface area contributed by atoms with Gasteiger partial charge >= 0.3 is 0 Å². The van der Waals surface area contributed by atoms with E-state index in [1.165, 1.54) is 30.0 Å². The summed E-state index contributed by atoms with van der Waals surface area (Å²) >= 11 is 1.49. The van der Waals surface area contributed by atoms with E-state index in [-0.39, 0.29) is 17.9 Å². The van der Waals surface area contributed by atoms with Crippen LogP contribution < -0.4 is 32.7 Å². The van der Waals surface area contributed by atoms with Gasteiger partial charge in [-0.05, 0) is 54.2 Å². The largest absolute Gasteiger partial charge is 0.508 e. The molecule has 12 nitrogen and oxygen atoms in total. The smallest absolute Gasteiger partial charge is 0.268 e. The van der Waals surface area contributed by atoms with Crippen LogP contribution in [0.25, 0.3) is 6.08 Å². The Morgan fingerprint density at radius 3 is 2.23 bits per heavy atom. The Labute approximate surface area is 236 Å². The molecule has 0 fully saturated rings. The summed E-state index contributed by atoms with van der Waals surface area (Å²) in [5.41, 5.74) is 12.5. The first-order valence-electron chi connectivity index (χ1n) is 12.3. The molecule has 0 radical (unpaired) electrons. The first-order chi connectivity index (χ1) is 19.1. The number of phenols is 1. The third-order valence-electron chi connectivity index (χ3n) is 5.49. The second-order valence-corrected chi connectivity index (χ2v) is 9.68. The zero-order valence-electron chi connectivity index (χ0n) is 22.0. The zero-order chi connectivity index (χ0) is 29.5. The Bertz CT molecular complexity index is 1210. The molecule has 2 rings (SSSR count). The molecule has 0 bridgehead atoms. The zero-order valence-corrected chi connectivity index (χ0v) is 22.8. The fraction of sp³-hybridized carbons (Fsp3) is 0.296. The van der Waals surface area contributed by atoms with Crippen LogP contribution in [0.5, 0.6) is 5.75 Å². The Morgan fingerprint density at radius 2 is 1.60 bits per heavy atom. The predicted octanol–water partition coefficient (Wildman–Crippen LogP) is -0.625. The molecule has 2 aromatic rings. The lowest BCUT2D eigenvalue weighted by Crippen LogP contribution is -2.49. The molecule has 0 aliphatic heterocycles. The normalized spacial score (nSPS) is 12.5. The van der Waals surface area contributed by atoms with E-state index in [9.17, 15) is 29.1 Å². The quantitative estimate of drug-likeness (QED) is 0.137. The van der Waals surface area contributed by atoms with Gasteiger partial charge < -0.3 is 37.8 Å². The summed E-state index contributed by atoms with van der Waals surface area (Å²) in [4.78, 5) is 61.6. The second kappa shape index (κ2) is 16.6. The maximum atomic E-state index is 12.9. The van der Waals surface area contributed by atoms with Crippen LogP contribution in [0, 0.1) is 0 Å². The summed E-state index contributed by atoms with van der Waals surface area (Å²) in [5, 5.41) is 19.1. The van der Waals surface area contributed by atoms with E-state index < -0.39 is 54.7 Å². The minimum absolute atomic E-state index is 0.0896. The highest BCUT2D eigenvalue weighted by Crippen LogP contribution is 2.11. The number of nitrogens with two attached hydrogens (primary N) is 2. The predicted molar refractivity (Wildman–Crippen MR) is 152 cm³/mol. The van der Waals surface area contributed by atoms with E-state index >= 15 is 0 Å². The number of primary amides is 1. The molecule has 0 aliphatic carbocycles. The van der Waals surface area contributed by atoms with Crippen LogP contribution in [0.1, 0.15) is 17.5 Å². The third-order valence-corrected chi connectivity index (χ3v) is 6.13. The maximum Gasteiger partial charge on any atom is 0.268 e. The van der Waals surface area contributed by atoms with Gasteiger partial charge in [-0.2, -0.15) is 11.8 Å². The van der Waals surface area contributed by atoms with Crippen LogP contribution in [0.4, 0.5) is 0 Å². The van der Waals surface area contributed by atoms with Gasteiger partial charge in [-0.15, -0.1) is 0 Å². The summed E-state index contributed by atoms with van der Waals surface area (Å²) in [6, 6.07) is 13.1. The van der Waals surface area contributed by atoms with E-state index in [0.29, 0.717) is 17.7 Å². The van der Waals surface area contributed by atoms with E-state index in [1.807, 2.05) is 6.26 Å². The second-order valence-electron chi connectivity index (χ2n) is 8.70. The van der Waals surface area contributed by atoms with Crippen molar-refractivity contribution in [3.8, 4) is 5.75 Å². The van der Waals surface area contributed by atoms with Crippen molar-refractivity contribution in [3.63, 3.8) is 0 Å². The number of hydrogen-bond acceptors (Lipinski definition) is 8. The van der Waals surface area contributed by atoms with Crippen molar-refractivity contribution in [1.82, 2.24) is 21.3 Å². The SMILES string of the molecule is CSCC[C@H](NC(=O)C(=Cc1ccccc1)NC(=O)CNC(=O)CNC(=O)[C@@H](N)Cc1ccc(O)cc1)C(N)=O. The van der Waals surface area contributed by atoms with Gasteiger partial charge in [0.25, 0.3) is 5.91 Å². The molecule has 13 heteroatoms. The molecule has 2 aromatic carbocycles. The Morgan fingerprint density at radius 1 is 0.950 bits per heavy atom. The molecule has 0 unspecified atom stereocenters. The summed E-state index contributed by atoms with van der Waals surface area (Å²) in [6.07, 6.45) is 3.79.